The van der Waals surface area contributed by atoms with E-state index in [9.17, 15) is 4.79 Å². The van der Waals surface area contributed by atoms with Crippen molar-refractivity contribution in [2.75, 3.05) is 24.5 Å². The minimum Gasteiger partial charge on any atom is -0.426 e. The SMILES string of the molecule is C[C@H]1CN(c2ccc3c(c2)OC(=O)C(c2ccncc2)C3)CCN1. The van der Waals surface area contributed by atoms with Crippen LogP contribution in [-0.2, 0) is 11.2 Å². The summed E-state index contributed by atoms with van der Waals surface area (Å²) < 4.78 is 5.66. The first kappa shape index (κ1) is 15.1. The Morgan fingerprint density at radius 3 is 2.88 bits per heavy atom. The molecule has 0 saturated carbocycles. The van der Waals surface area contributed by atoms with Crippen LogP contribution in [0.25, 0.3) is 0 Å². The molecule has 1 saturated heterocycles. The predicted octanol–water partition coefficient (Wildman–Crippen LogP) is 2.12. The van der Waals surface area contributed by atoms with E-state index in [1.165, 1.54) is 0 Å². The summed E-state index contributed by atoms with van der Waals surface area (Å²) in [7, 11) is 0. The maximum absolute atomic E-state index is 12.4. The summed E-state index contributed by atoms with van der Waals surface area (Å²) in [4.78, 5) is 18.8. The summed E-state index contributed by atoms with van der Waals surface area (Å²) >= 11 is 0. The van der Waals surface area contributed by atoms with Crippen molar-refractivity contribution in [3.05, 3.63) is 53.9 Å². The average molecular weight is 323 g/mol. The fourth-order valence-electron chi connectivity index (χ4n) is 3.50. The van der Waals surface area contributed by atoms with E-state index in [0.29, 0.717) is 18.2 Å². The molecule has 1 N–H and O–H groups in total. The Hall–Kier alpha value is -2.40. The van der Waals surface area contributed by atoms with Crippen molar-refractivity contribution in [3.8, 4) is 5.75 Å². The zero-order valence-electron chi connectivity index (χ0n) is 13.7. The van der Waals surface area contributed by atoms with Gasteiger partial charge < -0.3 is 15.0 Å². The Kier molecular flexibility index (Phi) is 3.94. The van der Waals surface area contributed by atoms with Gasteiger partial charge in [0, 0.05) is 49.8 Å². The highest BCUT2D eigenvalue weighted by atomic mass is 16.5. The zero-order chi connectivity index (χ0) is 16.5. The first-order chi connectivity index (χ1) is 11.7. The second-order valence-corrected chi connectivity index (χ2v) is 6.55. The van der Waals surface area contributed by atoms with Gasteiger partial charge in [-0.15, -0.1) is 0 Å². The van der Waals surface area contributed by atoms with E-state index >= 15 is 0 Å². The molecule has 1 unspecified atom stereocenters. The summed E-state index contributed by atoms with van der Waals surface area (Å²) in [5, 5.41) is 3.44. The summed E-state index contributed by atoms with van der Waals surface area (Å²) in [6, 6.07) is 10.5. The number of carbonyl (C=O) groups is 1. The molecule has 5 heteroatoms. The van der Waals surface area contributed by atoms with Crippen molar-refractivity contribution in [2.45, 2.75) is 25.3 Å². The molecule has 4 rings (SSSR count). The molecular weight excluding hydrogens is 302 g/mol. The minimum atomic E-state index is -0.245. The number of rotatable bonds is 2. The lowest BCUT2D eigenvalue weighted by molar-refractivity contribution is -0.137. The molecule has 1 aromatic carbocycles. The van der Waals surface area contributed by atoms with Crippen LogP contribution in [0.3, 0.4) is 0 Å². The molecule has 0 bridgehead atoms. The minimum absolute atomic E-state index is 0.181. The second kappa shape index (κ2) is 6.24. The molecule has 5 nitrogen and oxygen atoms in total. The number of hydrogen-bond donors (Lipinski definition) is 1. The number of carbonyl (C=O) groups excluding carboxylic acids is 1. The van der Waals surface area contributed by atoms with Gasteiger partial charge >= 0.3 is 5.97 Å². The predicted molar refractivity (Wildman–Crippen MR) is 92.4 cm³/mol. The van der Waals surface area contributed by atoms with Crippen molar-refractivity contribution in [1.82, 2.24) is 10.3 Å². The summed E-state index contributed by atoms with van der Waals surface area (Å²) in [5.74, 6) is 0.277. The number of nitrogens with zero attached hydrogens (tertiary/aromatic N) is 2. The van der Waals surface area contributed by atoms with Gasteiger partial charge in [-0.3, -0.25) is 9.78 Å². The Bertz CT molecular complexity index is 748. The number of hydrogen-bond acceptors (Lipinski definition) is 5. The molecule has 0 aliphatic carbocycles. The Balaban J connectivity index is 1.59. The van der Waals surface area contributed by atoms with Crippen molar-refractivity contribution >= 4 is 11.7 Å². The highest BCUT2D eigenvalue weighted by Crippen LogP contribution is 2.35. The molecular formula is C19H21N3O2. The van der Waals surface area contributed by atoms with Crippen LogP contribution in [0, 0.1) is 0 Å². The Labute approximate surface area is 141 Å². The Morgan fingerprint density at radius 1 is 1.25 bits per heavy atom. The van der Waals surface area contributed by atoms with Crippen LogP contribution in [0.2, 0.25) is 0 Å². The first-order valence-electron chi connectivity index (χ1n) is 8.43. The number of aromatic nitrogens is 1. The number of esters is 1. The molecule has 3 heterocycles. The van der Waals surface area contributed by atoms with Crippen LogP contribution >= 0.6 is 0 Å². The first-order valence-corrected chi connectivity index (χ1v) is 8.43. The number of nitrogens with one attached hydrogen (secondary N) is 1. The van der Waals surface area contributed by atoms with Gasteiger partial charge in [0.2, 0.25) is 0 Å². The molecule has 2 aliphatic heterocycles. The van der Waals surface area contributed by atoms with Gasteiger partial charge in [-0.1, -0.05) is 6.07 Å². The highest BCUT2D eigenvalue weighted by Gasteiger charge is 2.30. The molecule has 2 atom stereocenters. The van der Waals surface area contributed by atoms with Crippen molar-refractivity contribution in [2.24, 2.45) is 0 Å². The molecule has 1 aromatic heterocycles. The lowest BCUT2D eigenvalue weighted by Gasteiger charge is -2.34. The van der Waals surface area contributed by atoms with E-state index in [1.54, 1.807) is 12.4 Å². The topological polar surface area (TPSA) is 54.5 Å². The summed E-state index contributed by atoms with van der Waals surface area (Å²) in [6.07, 6.45) is 4.11. The molecule has 0 spiro atoms. The van der Waals surface area contributed by atoms with E-state index in [0.717, 1.165) is 36.4 Å². The molecule has 0 radical (unpaired) electrons. The summed E-state index contributed by atoms with van der Waals surface area (Å²) in [6.45, 7) is 5.09. The Morgan fingerprint density at radius 2 is 2.08 bits per heavy atom. The second-order valence-electron chi connectivity index (χ2n) is 6.55. The number of anilines is 1. The van der Waals surface area contributed by atoms with Crippen LogP contribution in [0.5, 0.6) is 5.75 Å². The highest BCUT2D eigenvalue weighted by molar-refractivity contribution is 5.83. The van der Waals surface area contributed by atoms with Crippen LogP contribution in [0.4, 0.5) is 5.69 Å². The maximum atomic E-state index is 12.4. The zero-order valence-corrected chi connectivity index (χ0v) is 13.7. The van der Waals surface area contributed by atoms with E-state index in [-0.39, 0.29) is 11.9 Å². The third kappa shape index (κ3) is 2.87. The normalized spacial score (nSPS) is 23.5. The number of pyridine rings is 1. The molecule has 0 amide bonds. The van der Waals surface area contributed by atoms with E-state index in [1.807, 2.05) is 18.2 Å². The van der Waals surface area contributed by atoms with Gasteiger partial charge in [-0.05, 0) is 42.7 Å². The fourth-order valence-corrected chi connectivity index (χ4v) is 3.50. The van der Waals surface area contributed by atoms with E-state index in [2.05, 4.69) is 34.3 Å². The number of fused-ring (bicyclic) bond motifs is 1. The van der Waals surface area contributed by atoms with Crippen LogP contribution in [0.1, 0.15) is 24.0 Å². The van der Waals surface area contributed by atoms with Crippen LogP contribution < -0.4 is 15.0 Å². The van der Waals surface area contributed by atoms with Gasteiger partial charge in [0.05, 0.1) is 5.92 Å². The molecule has 1 fully saturated rings. The van der Waals surface area contributed by atoms with Gasteiger partial charge in [-0.2, -0.15) is 0 Å². The van der Waals surface area contributed by atoms with Crippen molar-refractivity contribution < 1.29 is 9.53 Å². The monoisotopic (exact) mass is 323 g/mol. The van der Waals surface area contributed by atoms with Crippen molar-refractivity contribution in [3.63, 3.8) is 0 Å². The molecule has 24 heavy (non-hydrogen) atoms. The lowest BCUT2D eigenvalue weighted by atomic mass is 9.90. The fraction of sp³-hybridized carbons (Fsp3) is 0.368. The molecule has 2 aromatic rings. The smallest absolute Gasteiger partial charge is 0.319 e. The average Bonchev–Trinajstić information content (AvgIpc) is 2.61. The quantitative estimate of drug-likeness (QED) is 0.678. The number of ether oxygens (including phenoxy) is 1. The third-order valence-corrected chi connectivity index (χ3v) is 4.81. The van der Waals surface area contributed by atoms with Crippen LogP contribution in [0.15, 0.2) is 42.7 Å². The van der Waals surface area contributed by atoms with Gasteiger partial charge in [0.25, 0.3) is 0 Å². The largest absolute Gasteiger partial charge is 0.426 e. The van der Waals surface area contributed by atoms with E-state index in [4.69, 9.17) is 4.74 Å². The maximum Gasteiger partial charge on any atom is 0.319 e. The van der Waals surface area contributed by atoms with E-state index < -0.39 is 0 Å². The van der Waals surface area contributed by atoms with Crippen molar-refractivity contribution in [1.29, 1.82) is 0 Å². The standard InChI is InChI=1S/C19H21N3O2/c1-13-12-22(9-8-21-13)16-3-2-15-10-17(14-4-6-20-7-5-14)19(23)24-18(15)11-16/h2-7,11,13,17,21H,8-10,12H2,1H3/t13-,17?/m0/s1. The number of piperazine rings is 1. The van der Waals surface area contributed by atoms with Gasteiger partial charge in [0.1, 0.15) is 5.75 Å². The van der Waals surface area contributed by atoms with Gasteiger partial charge in [-0.25, -0.2) is 0 Å². The number of benzene rings is 1. The lowest BCUT2D eigenvalue weighted by Crippen LogP contribution is -2.49. The molecule has 124 valence electrons. The summed E-state index contributed by atoms with van der Waals surface area (Å²) in [5.41, 5.74) is 3.17. The van der Waals surface area contributed by atoms with Crippen LogP contribution in [-0.4, -0.2) is 36.6 Å². The van der Waals surface area contributed by atoms with Gasteiger partial charge in [0.15, 0.2) is 0 Å². The third-order valence-electron chi connectivity index (χ3n) is 4.81. The molecule has 2 aliphatic rings.